The lowest BCUT2D eigenvalue weighted by Crippen LogP contribution is -2.40. The van der Waals surface area contributed by atoms with Crippen LogP contribution in [0.15, 0.2) is 63.2 Å². The fourth-order valence-electron chi connectivity index (χ4n) is 4.39. The zero-order chi connectivity index (χ0) is 31.3. The number of carbonyl (C=O) groups excluding carboxylic acids is 1. The van der Waals surface area contributed by atoms with E-state index in [0.29, 0.717) is 50.7 Å². The highest BCUT2D eigenvalue weighted by Crippen LogP contribution is 2.36. The molecule has 0 bridgehead atoms. The van der Waals surface area contributed by atoms with Crippen LogP contribution in [0.3, 0.4) is 0 Å². The van der Waals surface area contributed by atoms with Gasteiger partial charge >= 0.3 is 11.5 Å². The van der Waals surface area contributed by atoms with E-state index < -0.39 is 46.8 Å². The van der Waals surface area contributed by atoms with E-state index in [2.05, 4.69) is 10.2 Å². The van der Waals surface area contributed by atoms with Crippen molar-refractivity contribution < 1.29 is 39.5 Å². The molecule has 3 rings (SSSR count). The summed E-state index contributed by atoms with van der Waals surface area (Å²) in [5.41, 5.74) is -6.61. The maximum absolute atomic E-state index is 13.6. The molecule has 2 aromatic rings. The van der Waals surface area contributed by atoms with Crippen LogP contribution in [0.4, 0.5) is 18.9 Å². The number of thioether (sulfide) groups is 1. The normalized spacial score (nSPS) is 16.6. The maximum Gasteiger partial charge on any atom is 0.501 e. The van der Waals surface area contributed by atoms with E-state index in [1.807, 2.05) is 51.1 Å². The van der Waals surface area contributed by atoms with Crippen LogP contribution < -0.4 is 10.5 Å². The minimum absolute atomic E-state index is 0.212. The number of esters is 1. The number of hydrogen-bond acceptors (Lipinski definition) is 9. The minimum Gasteiger partial charge on any atom is -0.460 e. The molecule has 0 aliphatic carbocycles. The Balaban J connectivity index is 1.80. The number of nitrogens with zero attached hydrogens (tertiary/aromatic N) is 1. The van der Waals surface area contributed by atoms with Crippen LogP contribution in [0.1, 0.15) is 40.0 Å². The van der Waals surface area contributed by atoms with Crippen molar-refractivity contribution >= 4 is 43.3 Å². The third-order valence-electron chi connectivity index (χ3n) is 6.55. The summed E-state index contributed by atoms with van der Waals surface area (Å²) in [6.45, 7) is 7.22. The van der Waals surface area contributed by atoms with E-state index in [1.54, 1.807) is 0 Å². The molecular formula is C27H36F3N3O6S3. The van der Waals surface area contributed by atoms with Crippen LogP contribution in [-0.2, 0) is 29.4 Å². The van der Waals surface area contributed by atoms with Crippen LogP contribution in [0.25, 0.3) is 0 Å². The predicted octanol–water partition coefficient (Wildman–Crippen LogP) is 4.64. The summed E-state index contributed by atoms with van der Waals surface area (Å²) in [7, 11) is -10.4. The summed E-state index contributed by atoms with van der Waals surface area (Å²) < 4.78 is 94.7. The number of anilines is 1. The third-order valence-corrected chi connectivity index (χ3v) is 10.2. The Bertz CT molecular complexity index is 1440. The van der Waals surface area contributed by atoms with Crippen molar-refractivity contribution in [2.75, 3.05) is 30.7 Å². The Hall–Kier alpha value is -2.33. The Labute approximate surface area is 249 Å². The Morgan fingerprint density at radius 1 is 1.07 bits per heavy atom. The predicted molar refractivity (Wildman–Crippen MR) is 155 cm³/mol. The molecule has 15 heteroatoms. The number of piperidine rings is 1. The topological polar surface area (TPSA) is 136 Å². The van der Waals surface area contributed by atoms with Gasteiger partial charge in [-0.3, -0.25) is 4.79 Å². The molecule has 1 saturated heterocycles. The monoisotopic (exact) mass is 651 g/mol. The molecule has 1 unspecified atom stereocenters. The quantitative estimate of drug-likeness (QED) is 0.263. The number of carbonyl (C=O) groups is 1. The Kier molecular flexibility index (Phi) is 11.0. The number of likely N-dealkylation sites (tertiary alicyclic amines) is 1. The van der Waals surface area contributed by atoms with E-state index in [4.69, 9.17) is 9.88 Å². The van der Waals surface area contributed by atoms with Crippen molar-refractivity contribution in [3.05, 3.63) is 48.5 Å². The largest absolute Gasteiger partial charge is 0.501 e. The van der Waals surface area contributed by atoms with Gasteiger partial charge in [0.2, 0.25) is 10.0 Å². The summed E-state index contributed by atoms with van der Waals surface area (Å²) in [5.74, 6) is -0.0707. The number of ether oxygens (including phenoxy) is 1. The zero-order valence-electron chi connectivity index (χ0n) is 23.6. The summed E-state index contributed by atoms with van der Waals surface area (Å²) in [6, 6.07) is 11.2. The van der Waals surface area contributed by atoms with Gasteiger partial charge in [0.15, 0.2) is 0 Å². The number of halogens is 3. The molecule has 42 heavy (non-hydrogen) atoms. The van der Waals surface area contributed by atoms with Gasteiger partial charge in [-0.05, 0) is 83.5 Å². The first kappa shape index (κ1) is 34.2. The van der Waals surface area contributed by atoms with Crippen LogP contribution in [0.2, 0.25) is 0 Å². The van der Waals surface area contributed by atoms with Gasteiger partial charge < -0.3 is 15.0 Å². The third kappa shape index (κ3) is 9.59. The van der Waals surface area contributed by atoms with Crippen molar-refractivity contribution in [3.63, 3.8) is 0 Å². The summed E-state index contributed by atoms with van der Waals surface area (Å²) in [5, 5.41) is 8.00. The van der Waals surface area contributed by atoms with Gasteiger partial charge in [-0.25, -0.2) is 22.0 Å². The molecule has 1 atom stereocenters. The number of nitrogens with one attached hydrogen (secondary N) is 1. The Morgan fingerprint density at radius 2 is 1.69 bits per heavy atom. The summed E-state index contributed by atoms with van der Waals surface area (Å²) in [6.07, 6.45) is 1.64. The van der Waals surface area contributed by atoms with E-state index >= 15 is 0 Å². The first-order chi connectivity index (χ1) is 19.4. The molecule has 0 aromatic heterocycles. The molecule has 0 saturated carbocycles. The highest BCUT2D eigenvalue weighted by Gasteiger charge is 2.48. The number of sulfone groups is 1. The van der Waals surface area contributed by atoms with Gasteiger partial charge in [0, 0.05) is 23.2 Å². The van der Waals surface area contributed by atoms with Crippen molar-refractivity contribution in [2.24, 2.45) is 11.1 Å². The van der Waals surface area contributed by atoms with Gasteiger partial charge in [-0.2, -0.15) is 13.2 Å². The van der Waals surface area contributed by atoms with Crippen LogP contribution in [0, 0.1) is 5.92 Å². The molecular weight excluding hydrogens is 616 g/mol. The Morgan fingerprint density at radius 3 is 2.24 bits per heavy atom. The minimum atomic E-state index is -5.91. The average molecular weight is 652 g/mol. The lowest BCUT2D eigenvalue weighted by atomic mass is 9.96. The van der Waals surface area contributed by atoms with Crippen molar-refractivity contribution in [1.82, 2.24) is 4.90 Å². The number of hydrogen-bond donors (Lipinski definition) is 2. The fourth-order valence-corrected chi connectivity index (χ4v) is 6.95. The molecule has 234 valence electrons. The first-order valence-corrected chi connectivity index (χ1v) is 17.3. The van der Waals surface area contributed by atoms with E-state index in [-0.39, 0.29) is 17.6 Å². The molecule has 3 N–H and O–H groups in total. The zero-order valence-corrected chi connectivity index (χ0v) is 26.0. The second-order valence-corrected chi connectivity index (χ2v) is 15.6. The number of nitrogens with two attached hydrogens (primary N) is 1. The molecule has 1 aliphatic heterocycles. The van der Waals surface area contributed by atoms with E-state index in [9.17, 15) is 34.8 Å². The van der Waals surface area contributed by atoms with Crippen molar-refractivity contribution in [3.8, 4) is 0 Å². The molecule has 1 heterocycles. The SMILES string of the molecule is CC(C)(C)OC(=O)C1CCN(CCC(CSc2ccccc2)Nc2ccc(S(N)(=O)=O)cc2S(=O)(=O)C(F)(F)F)CC1. The van der Waals surface area contributed by atoms with Crippen molar-refractivity contribution in [1.29, 1.82) is 0 Å². The second kappa shape index (κ2) is 13.5. The van der Waals surface area contributed by atoms with Gasteiger partial charge in [-0.15, -0.1) is 11.8 Å². The lowest BCUT2D eigenvalue weighted by molar-refractivity contribution is -0.161. The molecule has 1 fully saturated rings. The van der Waals surface area contributed by atoms with Gasteiger partial charge in [-0.1, -0.05) is 18.2 Å². The number of primary sulfonamides is 1. The van der Waals surface area contributed by atoms with Crippen LogP contribution in [-0.4, -0.2) is 70.2 Å². The number of benzene rings is 2. The number of rotatable bonds is 11. The van der Waals surface area contributed by atoms with Crippen LogP contribution in [0.5, 0.6) is 0 Å². The van der Waals surface area contributed by atoms with Crippen LogP contribution >= 0.6 is 11.8 Å². The molecule has 0 amide bonds. The van der Waals surface area contributed by atoms with Gasteiger partial charge in [0.05, 0.1) is 16.5 Å². The highest BCUT2D eigenvalue weighted by molar-refractivity contribution is 7.99. The average Bonchev–Trinajstić information content (AvgIpc) is 2.89. The lowest BCUT2D eigenvalue weighted by Gasteiger charge is -2.33. The van der Waals surface area contributed by atoms with Gasteiger partial charge in [0.1, 0.15) is 10.5 Å². The summed E-state index contributed by atoms with van der Waals surface area (Å²) in [4.78, 5) is 13.5. The standard InChI is InChI=1S/C27H36F3N3O6S3/c1-26(2,3)39-25(34)19-11-14-33(15-12-19)16-13-20(18-40-21-7-5-4-6-8-21)32-23-10-9-22(42(31,37)38)17-24(23)41(35,36)27(28,29)30/h4-10,17,19-20,32H,11-16,18H2,1-3H3,(H2,31,37,38). The highest BCUT2D eigenvalue weighted by atomic mass is 32.2. The fraction of sp³-hybridized carbons (Fsp3) is 0.519. The number of sulfonamides is 1. The van der Waals surface area contributed by atoms with Crippen molar-refractivity contribution in [2.45, 2.75) is 71.9 Å². The van der Waals surface area contributed by atoms with E-state index in [1.165, 1.54) is 11.8 Å². The first-order valence-electron chi connectivity index (χ1n) is 13.2. The second-order valence-electron chi connectivity index (χ2n) is 11.1. The van der Waals surface area contributed by atoms with E-state index in [0.717, 1.165) is 17.0 Å². The smallest absolute Gasteiger partial charge is 0.460 e. The molecule has 0 spiro atoms. The van der Waals surface area contributed by atoms with Gasteiger partial charge in [0.25, 0.3) is 9.84 Å². The maximum atomic E-state index is 13.6. The summed E-state index contributed by atoms with van der Waals surface area (Å²) >= 11 is 1.44. The molecule has 0 radical (unpaired) electrons. The molecule has 1 aliphatic rings. The molecule has 2 aromatic carbocycles. The number of alkyl halides is 3. The molecule has 9 nitrogen and oxygen atoms in total.